The lowest BCUT2D eigenvalue weighted by atomic mass is 9.73. The number of carbonyl (C=O) groups excluding carboxylic acids is 1. The highest BCUT2D eigenvalue weighted by Gasteiger charge is 2.39. The summed E-state index contributed by atoms with van der Waals surface area (Å²) in [5, 5.41) is 12.3. The van der Waals surface area contributed by atoms with Crippen LogP contribution in [0.3, 0.4) is 0 Å². The third kappa shape index (κ3) is 3.62. The lowest BCUT2D eigenvalue weighted by Gasteiger charge is -2.36. The van der Waals surface area contributed by atoms with E-state index in [1.54, 1.807) is 11.8 Å². The molecule has 0 aromatic rings. The van der Waals surface area contributed by atoms with E-state index in [-0.39, 0.29) is 29.2 Å². The molecule has 2 atom stereocenters. The smallest absolute Gasteiger partial charge is 0.227 e. The van der Waals surface area contributed by atoms with Crippen molar-refractivity contribution in [1.82, 2.24) is 5.32 Å². The molecule has 106 valence electrons. The van der Waals surface area contributed by atoms with Crippen LogP contribution < -0.4 is 11.1 Å². The molecule has 1 rings (SSSR count). The van der Waals surface area contributed by atoms with Gasteiger partial charge in [0.25, 0.3) is 0 Å². The van der Waals surface area contributed by atoms with Crippen molar-refractivity contribution in [3.63, 3.8) is 0 Å². The van der Waals surface area contributed by atoms with E-state index >= 15 is 0 Å². The average molecular weight is 274 g/mol. The molecule has 4 N–H and O–H groups in total. The number of aliphatic hydroxyl groups excluding tert-OH is 1. The molecule has 1 fully saturated rings. The summed E-state index contributed by atoms with van der Waals surface area (Å²) in [6.07, 6.45) is 7.11. The summed E-state index contributed by atoms with van der Waals surface area (Å²) < 4.78 is 0. The zero-order valence-corrected chi connectivity index (χ0v) is 12.3. The third-order valence-corrected chi connectivity index (χ3v) is 5.25. The van der Waals surface area contributed by atoms with Crippen molar-refractivity contribution in [2.24, 2.45) is 11.1 Å². The van der Waals surface area contributed by atoms with Gasteiger partial charge in [-0.05, 0) is 26.0 Å². The molecule has 0 bridgehead atoms. The number of aliphatic hydroxyl groups is 1. The Morgan fingerprint density at radius 2 is 2.06 bits per heavy atom. The van der Waals surface area contributed by atoms with Crippen LogP contribution in [0.15, 0.2) is 0 Å². The maximum absolute atomic E-state index is 12.4. The number of rotatable bonds is 6. The van der Waals surface area contributed by atoms with Crippen molar-refractivity contribution in [2.45, 2.75) is 50.3 Å². The van der Waals surface area contributed by atoms with Gasteiger partial charge in [0.1, 0.15) is 0 Å². The minimum atomic E-state index is -0.370. The first-order chi connectivity index (χ1) is 8.59. The minimum absolute atomic E-state index is 0.0251. The first-order valence-electron chi connectivity index (χ1n) is 6.74. The normalized spacial score (nSPS) is 22.2. The summed E-state index contributed by atoms with van der Waals surface area (Å²) in [6, 6.07) is -0.0251. The minimum Gasteiger partial charge on any atom is -0.395 e. The zero-order chi connectivity index (χ0) is 13.6. The van der Waals surface area contributed by atoms with Gasteiger partial charge in [-0.2, -0.15) is 11.8 Å². The SMILES string of the molecule is CSC(CO)C(C)NC(=O)C1(CN)CCCCC1. The maximum Gasteiger partial charge on any atom is 0.227 e. The predicted octanol–water partition coefficient (Wildman–Crippen LogP) is 1.12. The van der Waals surface area contributed by atoms with Crippen LogP contribution in [-0.2, 0) is 4.79 Å². The highest BCUT2D eigenvalue weighted by Crippen LogP contribution is 2.35. The number of nitrogens with two attached hydrogens (primary N) is 1. The van der Waals surface area contributed by atoms with Crippen molar-refractivity contribution in [3.8, 4) is 0 Å². The Bertz CT molecular complexity index is 264. The Kier molecular flexibility index (Phi) is 6.46. The Labute approximate surface area is 114 Å². The fraction of sp³-hybridized carbons (Fsp3) is 0.923. The molecule has 0 heterocycles. The summed E-state index contributed by atoms with van der Waals surface area (Å²) in [5.41, 5.74) is 5.47. The first-order valence-corrected chi connectivity index (χ1v) is 8.03. The summed E-state index contributed by atoms with van der Waals surface area (Å²) in [4.78, 5) is 12.4. The monoisotopic (exact) mass is 274 g/mol. The molecular formula is C13H26N2O2S. The highest BCUT2D eigenvalue weighted by atomic mass is 32.2. The molecule has 0 aliphatic heterocycles. The van der Waals surface area contributed by atoms with Gasteiger partial charge in [-0.15, -0.1) is 0 Å². The van der Waals surface area contributed by atoms with E-state index in [9.17, 15) is 9.90 Å². The van der Waals surface area contributed by atoms with E-state index in [1.807, 2.05) is 13.2 Å². The van der Waals surface area contributed by atoms with Crippen molar-refractivity contribution in [1.29, 1.82) is 0 Å². The Morgan fingerprint density at radius 3 is 2.50 bits per heavy atom. The highest BCUT2D eigenvalue weighted by molar-refractivity contribution is 7.99. The molecule has 4 nitrogen and oxygen atoms in total. The van der Waals surface area contributed by atoms with Gasteiger partial charge in [-0.3, -0.25) is 4.79 Å². The molecule has 0 aromatic carbocycles. The van der Waals surface area contributed by atoms with E-state index in [4.69, 9.17) is 5.73 Å². The van der Waals surface area contributed by atoms with Gasteiger partial charge >= 0.3 is 0 Å². The fourth-order valence-electron chi connectivity index (χ4n) is 2.64. The Balaban J connectivity index is 2.61. The van der Waals surface area contributed by atoms with Crippen LogP contribution in [0.25, 0.3) is 0 Å². The molecule has 1 saturated carbocycles. The van der Waals surface area contributed by atoms with Gasteiger partial charge in [0, 0.05) is 17.8 Å². The number of nitrogens with one attached hydrogen (secondary N) is 1. The van der Waals surface area contributed by atoms with Gasteiger partial charge in [-0.1, -0.05) is 19.3 Å². The molecule has 0 aromatic heterocycles. The fourth-order valence-corrected chi connectivity index (χ4v) is 3.27. The number of thioether (sulfide) groups is 1. The van der Waals surface area contributed by atoms with E-state index in [0.29, 0.717) is 6.54 Å². The van der Waals surface area contributed by atoms with Crippen molar-refractivity contribution in [2.75, 3.05) is 19.4 Å². The zero-order valence-electron chi connectivity index (χ0n) is 11.4. The summed E-state index contributed by atoms with van der Waals surface area (Å²) in [6.45, 7) is 2.45. The van der Waals surface area contributed by atoms with Gasteiger partial charge in [0.2, 0.25) is 5.91 Å². The Hall–Kier alpha value is -0.260. The number of amides is 1. The second-order valence-electron chi connectivity index (χ2n) is 5.26. The Morgan fingerprint density at radius 1 is 1.44 bits per heavy atom. The molecule has 1 amide bonds. The molecule has 2 unspecified atom stereocenters. The molecule has 18 heavy (non-hydrogen) atoms. The van der Waals surface area contributed by atoms with Gasteiger partial charge < -0.3 is 16.2 Å². The molecule has 1 aliphatic rings. The molecule has 0 radical (unpaired) electrons. The molecule has 0 spiro atoms. The second-order valence-corrected chi connectivity index (χ2v) is 6.34. The topological polar surface area (TPSA) is 75.3 Å². The van der Waals surface area contributed by atoms with Crippen LogP contribution in [0.2, 0.25) is 0 Å². The average Bonchev–Trinajstić information content (AvgIpc) is 2.40. The van der Waals surface area contributed by atoms with E-state index in [1.165, 1.54) is 6.42 Å². The van der Waals surface area contributed by atoms with Gasteiger partial charge in [0.05, 0.1) is 12.0 Å². The van der Waals surface area contributed by atoms with E-state index in [2.05, 4.69) is 5.32 Å². The lowest BCUT2D eigenvalue weighted by molar-refractivity contribution is -0.133. The standard InChI is InChI=1S/C13H26N2O2S/c1-10(11(8-16)18-2)15-12(17)13(9-14)6-4-3-5-7-13/h10-11,16H,3-9,14H2,1-2H3,(H,15,17). The summed E-state index contributed by atoms with van der Waals surface area (Å²) in [7, 11) is 0. The van der Waals surface area contributed by atoms with Crippen LogP contribution in [-0.4, -0.2) is 41.7 Å². The largest absolute Gasteiger partial charge is 0.395 e. The van der Waals surface area contributed by atoms with Crippen molar-refractivity contribution in [3.05, 3.63) is 0 Å². The predicted molar refractivity (Wildman–Crippen MR) is 76.6 cm³/mol. The molecule has 1 aliphatic carbocycles. The summed E-state index contributed by atoms with van der Waals surface area (Å²) in [5.74, 6) is 0.0738. The quantitative estimate of drug-likeness (QED) is 0.678. The van der Waals surface area contributed by atoms with Crippen LogP contribution in [0.1, 0.15) is 39.0 Å². The van der Waals surface area contributed by atoms with Crippen molar-refractivity contribution < 1.29 is 9.90 Å². The van der Waals surface area contributed by atoms with Crippen LogP contribution in [0.4, 0.5) is 0 Å². The first kappa shape index (κ1) is 15.8. The lowest BCUT2D eigenvalue weighted by Crippen LogP contribution is -2.52. The summed E-state index contributed by atoms with van der Waals surface area (Å²) >= 11 is 1.58. The number of carbonyl (C=O) groups is 1. The van der Waals surface area contributed by atoms with Gasteiger partial charge in [-0.25, -0.2) is 0 Å². The third-order valence-electron chi connectivity index (χ3n) is 4.08. The van der Waals surface area contributed by atoms with Crippen LogP contribution >= 0.6 is 11.8 Å². The van der Waals surface area contributed by atoms with E-state index < -0.39 is 0 Å². The van der Waals surface area contributed by atoms with Gasteiger partial charge in [0.15, 0.2) is 0 Å². The number of hydrogen-bond acceptors (Lipinski definition) is 4. The van der Waals surface area contributed by atoms with E-state index in [0.717, 1.165) is 25.7 Å². The number of hydrogen-bond donors (Lipinski definition) is 3. The van der Waals surface area contributed by atoms with Crippen LogP contribution in [0, 0.1) is 5.41 Å². The van der Waals surface area contributed by atoms with Crippen LogP contribution in [0.5, 0.6) is 0 Å². The maximum atomic E-state index is 12.4. The molecule has 5 heteroatoms. The molecule has 0 saturated heterocycles. The van der Waals surface area contributed by atoms with Crippen molar-refractivity contribution >= 4 is 17.7 Å². The molecular weight excluding hydrogens is 248 g/mol. The second kappa shape index (κ2) is 7.36.